The second kappa shape index (κ2) is 7.39. The van der Waals surface area contributed by atoms with Crippen LogP contribution in [0.4, 0.5) is 0 Å². The molecular formula is C13H17Cl2NO2S. The van der Waals surface area contributed by atoms with Crippen LogP contribution in [-0.2, 0) is 9.53 Å². The number of carbonyl (C=O) groups excluding carboxylic acids is 1. The number of rotatable bonds is 6. The molecule has 0 spiro atoms. The maximum atomic E-state index is 11.8. The Balaban J connectivity index is 2.78. The predicted octanol–water partition coefficient (Wildman–Crippen LogP) is 3.63. The lowest BCUT2D eigenvalue weighted by molar-refractivity contribution is -0.146. The van der Waals surface area contributed by atoms with Crippen LogP contribution >= 0.6 is 35.0 Å². The van der Waals surface area contributed by atoms with Gasteiger partial charge < -0.3 is 10.1 Å². The van der Waals surface area contributed by atoms with Crippen molar-refractivity contribution in [1.29, 1.82) is 0 Å². The fourth-order valence-corrected chi connectivity index (χ4v) is 3.39. The molecule has 106 valence electrons. The Morgan fingerprint density at radius 3 is 2.42 bits per heavy atom. The van der Waals surface area contributed by atoms with Crippen LogP contribution in [0.15, 0.2) is 23.1 Å². The lowest BCUT2D eigenvalue weighted by Crippen LogP contribution is -2.52. The summed E-state index contributed by atoms with van der Waals surface area (Å²) in [6.07, 6.45) is 0. The van der Waals surface area contributed by atoms with Gasteiger partial charge in [-0.25, -0.2) is 0 Å². The van der Waals surface area contributed by atoms with Crippen LogP contribution < -0.4 is 5.32 Å². The third kappa shape index (κ3) is 4.88. The molecule has 0 heterocycles. The quantitative estimate of drug-likeness (QED) is 0.641. The zero-order valence-electron chi connectivity index (χ0n) is 11.1. The average molecular weight is 322 g/mol. The monoisotopic (exact) mass is 321 g/mol. The molecule has 1 aromatic rings. The maximum Gasteiger partial charge on any atom is 0.326 e. The molecule has 6 heteroatoms. The second-order valence-corrected chi connectivity index (χ2v) is 6.17. The first-order chi connectivity index (χ1) is 8.91. The van der Waals surface area contributed by atoms with Gasteiger partial charge in [-0.1, -0.05) is 30.1 Å². The number of hydrogen-bond acceptors (Lipinski definition) is 4. The SMILES string of the molecule is CCNC(C)(CSc1cc(Cl)cc(Cl)c1)C(=O)OC. The Kier molecular flexibility index (Phi) is 6.47. The zero-order valence-corrected chi connectivity index (χ0v) is 13.5. The second-order valence-electron chi connectivity index (χ2n) is 4.25. The molecule has 0 aliphatic heterocycles. The topological polar surface area (TPSA) is 38.3 Å². The Morgan fingerprint density at radius 2 is 1.95 bits per heavy atom. The van der Waals surface area contributed by atoms with Gasteiger partial charge in [-0.15, -0.1) is 11.8 Å². The number of thioether (sulfide) groups is 1. The zero-order chi connectivity index (χ0) is 14.5. The summed E-state index contributed by atoms with van der Waals surface area (Å²) in [6, 6.07) is 5.32. The van der Waals surface area contributed by atoms with Crippen molar-refractivity contribution in [3.63, 3.8) is 0 Å². The molecule has 0 saturated carbocycles. The number of esters is 1. The van der Waals surface area contributed by atoms with Gasteiger partial charge in [-0.05, 0) is 31.7 Å². The fourth-order valence-electron chi connectivity index (χ4n) is 1.64. The van der Waals surface area contributed by atoms with Crippen LogP contribution in [0.2, 0.25) is 10.0 Å². The van der Waals surface area contributed by atoms with Crippen LogP contribution in [0.25, 0.3) is 0 Å². The molecule has 0 aliphatic carbocycles. The minimum Gasteiger partial charge on any atom is -0.468 e. The first-order valence-corrected chi connectivity index (χ1v) is 7.58. The van der Waals surface area contributed by atoms with Gasteiger partial charge in [0.25, 0.3) is 0 Å². The first kappa shape index (κ1) is 16.6. The van der Waals surface area contributed by atoms with E-state index < -0.39 is 5.54 Å². The van der Waals surface area contributed by atoms with Gasteiger partial charge in [0.2, 0.25) is 0 Å². The number of ether oxygens (including phenoxy) is 1. The van der Waals surface area contributed by atoms with Crippen molar-refractivity contribution in [2.45, 2.75) is 24.3 Å². The lowest BCUT2D eigenvalue weighted by Gasteiger charge is -2.27. The minimum atomic E-state index is -0.733. The summed E-state index contributed by atoms with van der Waals surface area (Å²) >= 11 is 13.4. The number of benzene rings is 1. The molecule has 1 unspecified atom stereocenters. The van der Waals surface area contributed by atoms with Crippen molar-refractivity contribution in [2.75, 3.05) is 19.4 Å². The van der Waals surface area contributed by atoms with Crippen LogP contribution in [0, 0.1) is 0 Å². The Bertz CT molecular complexity index is 436. The molecule has 0 bridgehead atoms. The average Bonchev–Trinajstić information content (AvgIpc) is 2.34. The highest BCUT2D eigenvalue weighted by Crippen LogP contribution is 2.29. The highest BCUT2D eigenvalue weighted by Gasteiger charge is 2.33. The predicted molar refractivity (Wildman–Crippen MR) is 81.3 cm³/mol. The van der Waals surface area contributed by atoms with Crippen molar-refractivity contribution in [1.82, 2.24) is 5.32 Å². The van der Waals surface area contributed by atoms with Crippen LogP contribution in [0.3, 0.4) is 0 Å². The molecular weight excluding hydrogens is 305 g/mol. The first-order valence-electron chi connectivity index (χ1n) is 5.83. The van der Waals surface area contributed by atoms with E-state index in [2.05, 4.69) is 5.32 Å². The Labute approximate surface area is 128 Å². The number of carbonyl (C=O) groups is 1. The van der Waals surface area contributed by atoms with Gasteiger partial charge in [0.1, 0.15) is 5.54 Å². The fraction of sp³-hybridized carbons (Fsp3) is 0.462. The molecule has 3 nitrogen and oxygen atoms in total. The van der Waals surface area contributed by atoms with E-state index in [1.807, 2.05) is 26.0 Å². The number of methoxy groups -OCH3 is 1. The van der Waals surface area contributed by atoms with E-state index in [4.69, 9.17) is 27.9 Å². The van der Waals surface area contributed by atoms with Crippen molar-refractivity contribution in [3.05, 3.63) is 28.2 Å². The normalized spacial score (nSPS) is 13.9. The largest absolute Gasteiger partial charge is 0.468 e. The van der Waals surface area contributed by atoms with Crippen LogP contribution in [-0.4, -0.2) is 30.9 Å². The molecule has 0 radical (unpaired) electrons. The van der Waals surface area contributed by atoms with Crippen LogP contribution in [0.5, 0.6) is 0 Å². The van der Waals surface area contributed by atoms with E-state index in [0.717, 1.165) is 4.90 Å². The van der Waals surface area contributed by atoms with Crippen molar-refractivity contribution < 1.29 is 9.53 Å². The third-order valence-electron chi connectivity index (χ3n) is 2.57. The summed E-state index contributed by atoms with van der Waals surface area (Å²) in [7, 11) is 1.39. The summed E-state index contributed by atoms with van der Waals surface area (Å²) in [6.45, 7) is 4.45. The molecule has 0 fully saturated rings. The molecule has 0 saturated heterocycles. The summed E-state index contributed by atoms with van der Waals surface area (Å²) in [5, 5.41) is 4.31. The van der Waals surface area contributed by atoms with Crippen molar-refractivity contribution >= 4 is 40.9 Å². The number of likely N-dealkylation sites (N-methyl/N-ethyl adjacent to an activating group) is 1. The molecule has 19 heavy (non-hydrogen) atoms. The van der Waals surface area contributed by atoms with Gasteiger partial charge >= 0.3 is 5.97 Å². The minimum absolute atomic E-state index is 0.282. The van der Waals surface area contributed by atoms with Crippen molar-refractivity contribution in [3.8, 4) is 0 Å². The van der Waals surface area contributed by atoms with Gasteiger partial charge in [0, 0.05) is 20.7 Å². The molecule has 1 rings (SSSR count). The lowest BCUT2D eigenvalue weighted by atomic mass is 10.1. The summed E-state index contributed by atoms with van der Waals surface area (Å²) < 4.78 is 4.84. The van der Waals surface area contributed by atoms with E-state index in [9.17, 15) is 4.79 Å². The van der Waals surface area contributed by atoms with Gasteiger partial charge in [0.15, 0.2) is 0 Å². The van der Waals surface area contributed by atoms with Gasteiger partial charge in [-0.3, -0.25) is 4.79 Å². The van der Waals surface area contributed by atoms with Crippen LogP contribution in [0.1, 0.15) is 13.8 Å². The summed E-state index contributed by atoms with van der Waals surface area (Å²) in [5.74, 6) is 0.249. The molecule has 1 aromatic carbocycles. The molecule has 1 N–H and O–H groups in total. The summed E-state index contributed by atoms with van der Waals surface area (Å²) in [4.78, 5) is 12.8. The van der Waals surface area contributed by atoms with Gasteiger partial charge in [-0.2, -0.15) is 0 Å². The molecule has 0 amide bonds. The number of hydrogen-bond donors (Lipinski definition) is 1. The number of nitrogens with one attached hydrogen (secondary N) is 1. The third-order valence-corrected chi connectivity index (χ3v) is 4.29. The Hall–Kier alpha value is -0.420. The smallest absolute Gasteiger partial charge is 0.326 e. The number of halogens is 2. The van der Waals surface area contributed by atoms with Gasteiger partial charge in [0.05, 0.1) is 7.11 Å². The van der Waals surface area contributed by atoms with E-state index in [0.29, 0.717) is 22.3 Å². The highest BCUT2D eigenvalue weighted by atomic mass is 35.5. The summed E-state index contributed by atoms with van der Waals surface area (Å²) in [5.41, 5.74) is -0.733. The van der Waals surface area contributed by atoms with Crippen molar-refractivity contribution in [2.24, 2.45) is 0 Å². The standard InChI is InChI=1S/C13H17Cl2NO2S/c1-4-16-13(2,12(17)18-3)8-19-11-6-9(14)5-10(15)7-11/h5-7,16H,4,8H2,1-3H3. The molecule has 0 aliphatic rings. The highest BCUT2D eigenvalue weighted by molar-refractivity contribution is 7.99. The molecule has 0 aromatic heterocycles. The van der Waals surface area contributed by atoms with E-state index >= 15 is 0 Å². The maximum absolute atomic E-state index is 11.8. The van der Waals surface area contributed by atoms with E-state index in [1.165, 1.54) is 18.9 Å². The van der Waals surface area contributed by atoms with E-state index in [1.54, 1.807) is 6.07 Å². The van der Waals surface area contributed by atoms with E-state index in [-0.39, 0.29) is 5.97 Å². The molecule has 1 atom stereocenters. The Morgan fingerprint density at radius 1 is 1.37 bits per heavy atom.